The fourth-order valence-electron chi connectivity index (χ4n) is 3.95. The van der Waals surface area contributed by atoms with Crippen molar-refractivity contribution in [3.05, 3.63) is 40.1 Å². The molecule has 0 spiro atoms. The van der Waals surface area contributed by atoms with Crippen molar-refractivity contribution in [3.8, 4) is 23.3 Å². The normalized spacial score (nSPS) is 15.6. The molecule has 2 aromatic heterocycles. The summed E-state index contributed by atoms with van der Waals surface area (Å²) in [6, 6.07) is 5.37. The van der Waals surface area contributed by atoms with Crippen LogP contribution in [0.3, 0.4) is 0 Å². The van der Waals surface area contributed by atoms with E-state index in [1.807, 2.05) is 37.6 Å². The van der Waals surface area contributed by atoms with Gasteiger partial charge in [0.2, 0.25) is 0 Å². The number of amides is 1. The van der Waals surface area contributed by atoms with E-state index >= 15 is 0 Å². The molecule has 10 heteroatoms. The third-order valence-corrected chi connectivity index (χ3v) is 6.13. The second-order valence-electron chi connectivity index (χ2n) is 9.23. The lowest BCUT2D eigenvalue weighted by Crippen LogP contribution is -2.35. The first kappa shape index (κ1) is 24.7. The van der Waals surface area contributed by atoms with E-state index in [0.29, 0.717) is 47.1 Å². The minimum Gasteiger partial charge on any atom is -0.497 e. The lowest BCUT2D eigenvalue weighted by Gasteiger charge is -2.24. The zero-order valence-electron chi connectivity index (χ0n) is 20.4. The first-order chi connectivity index (χ1) is 16.6. The Balaban J connectivity index is 1.72. The van der Waals surface area contributed by atoms with Crippen molar-refractivity contribution < 1.29 is 19.0 Å². The number of likely N-dealkylation sites (tertiary alicyclic amines) is 1. The van der Waals surface area contributed by atoms with E-state index in [2.05, 4.69) is 32.8 Å². The molecule has 1 aliphatic heterocycles. The van der Waals surface area contributed by atoms with Crippen LogP contribution in [-0.2, 0) is 4.74 Å². The van der Waals surface area contributed by atoms with Crippen LogP contribution in [0.15, 0.2) is 28.9 Å². The van der Waals surface area contributed by atoms with Crippen LogP contribution in [0.5, 0.6) is 11.5 Å². The van der Waals surface area contributed by atoms with Gasteiger partial charge in [0.1, 0.15) is 28.6 Å². The number of carbonyl (C=O) groups is 1. The third kappa shape index (κ3) is 5.30. The van der Waals surface area contributed by atoms with Crippen LogP contribution in [0.1, 0.15) is 44.5 Å². The molecule has 1 aliphatic rings. The quantitative estimate of drug-likeness (QED) is 0.490. The van der Waals surface area contributed by atoms with Crippen molar-refractivity contribution in [2.24, 2.45) is 0 Å². The molecule has 0 aliphatic carbocycles. The Kier molecular flexibility index (Phi) is 6.81. The van der Waals surface area contributed by atoms with E-state index in [9.17, 15) is 4.79 Å². The second kappa shape index (κ2) is 9.66. The average Bonchev–Trinajstić information content (AvgIpc) is 3.44. The predicted molar refractivity (Wildman–Crippen MR) is 137 cm³/mol. The van der Waals surface area contributed by atoms with Gasteiger partial charge < -0.3 is 24.8 Å². The maximum Gasteiger partial charge on any atom is 0.410 e. The highest BCUT2D eigenvalue weighted by Crippen LogP contribution is 2.34. The molecule has 1 amide bonds. The van der Waals surface area contributed by atoms with E-state index < -0.39 is 5.60 Å². The SMILES string of the molecule is COc1cc(C#Cc2nn(C3CCN(C(=O)OC(C)(C)C)C3)c3c(Br)cnc(N)c23)cc(OC)c1. The van der Waals surface area contributed by atoms with Crippen molar-refractivity contribution >= 4 is 38.7 Å². The minimum atomic E-state index is -0.553. The Bertz CT molecular complexity index is 1310. The van der Waals surface area contributed by atoms with Gasteiger partial charge in [-0.3, -0.25) is 4.68 Å². The number of ether oxygens (including phenoxy) is 3. The van der Waals surface area contributed by atoms with E-state index in [-0.39, 0.29) is 12.1 Å². The Labute approximate surface area is 212 Å². The zero-order valence-corrected chi connectivity index (χ0v) is 22.0. The number of nitrogens with zero attached hydrogens (tertiary/aromatic N) is 4. The summed E-state index contributed by atoms with van der Waals surface area (Å²) in [6.45, 7) is 6.61. The number of pyridine rings is 1. The maximum absolute atomic E-state index is 12.6. The Morgan fingerprint density at radius 2 is 1.86 bits per heavy atom. The van der Waals surface area contributed by atoms with Gasteiger partial charge in [0.15, 0.2) is 0 Å². The largest absolute Gasteiger partial charge is 0.497 e. The van der Waals surface area contributed by atoms with Crippen molar-refractivity contribution in [2.75, 3.05) is 33.0 Å². The van der Waals surface area contributed by atoms with Gasteiger partial charge in [-0.25, -0.2) is 9.78 Å². The summed E-state index contributed by atoms with van der Waals surface area (Å²) in [5.74, 6) is 7.90. The van der Waals surface area contributed by atoms with Gasteiger partial charge in [-0.15, -0.1) is 0 Å². The molecule has 0 radical (unpaired) electrons. The van der Waals surface area contributed by atoms with Crippen molar-refractivity contribution in [1.29, 1.82) is 0 Å². The molecule has 1 fully saturated rings. The van der Waals surface area contributed by atoms with E-state index in [0.717, 1.165) is 16.4 Å². The Morgan fingerprint density at radius 3 is 2.49 bits per heavy atom. The third-order valence-electron chi connectivity index (χ3n) is 5.55. The number of anilines is 1. The van der Waals surface area contributed by atoms with Crippen molar-refractivity contribution in [1.82, 2.24) is 19.7 Å². The number of nitrogen functional groups attached to an aromatic ring is 1. The van der Waals surface area contributed by atoms with Gasteiger partial charge in [-0.1, -0.05) is 5.92 Å². The molecule has 3 aromatic rings. The Hall–Kier alpha value is -3.45. The molecule has 184 valence electrons. The van der Waals surface area contributed by atoms with Gasteiger partial charge in [-0.05, 0) is 61.2 Å². The summed E-state index contributed by atoms with van der Waals surface area (Å²) < 4.78 is 18.9. The molecule has 35 heavy (non-hydrogen) atoms. The van der Waals surface area contributed by atoms with Crippen LogP contribution in [0, 0.1) is 11.8 Å². The number of carbonyl (C=O) groups excluding carboxylic acids is 1. The lowest BCUT2D eigenvalue weighted by atomic mass is 10.1. The number of hydrogen-bond donors (Lipinski definition) is 1. The number of nitrogens with two attached hydrogens (primary N) is 1. The first-order valence-corrected chi connectivity index (χ1v) is 11.9. The monoisotopic (exact) mass is 541 g/mol. The lowest BCUT2D eigenvalue weighted by molar-refractivity contribution is 0.0288. The number of benzene rings is 1. The predicted octanol–water partition coefficient (Wildman–Crippen LogP) is 4.37. The fraction of sp³-hybridized carbons (Fsp3) is 0.400. The van der Waals surface area contributed by atoms with Crippen molar-refractivity contribution in [3.63, 3.8) is 0 Å². The van der Waals surface area contributed by atoms with Crippen LogP contribution in [0.4, 0.5) is 10.6 Å². The highest BCUT2D eigenvalue weighted by atomic mass is 79.9. The molecule has 3 heterocycles. The van der Waals surface area contributed by atoms with E-state index in [4.69, 9.17) is 25.0 Å². The summed E-state index contributed by atoms with van der Waals surface area (Å²) in [4.78, 5) is 18.6. The molecule has 1 atom stereocenters. The fourth-order valence-corrected chi connectivity index (χ4v) is 4.44. The first-order valence-electron chi connectivity index (χ1n) is 11.1. The summed E-state index contributed by atoms with van der Waals surface area (Å²) in [6.07, 6.45) is 2.05. The van der Waals surface area contributed by atoms with Gasteiger partial charge in [0.05, 0.1) is 35.6 Å². The summed E-state index contributed by atoms with van der Waals surface area (Å²) >= 11 is 3.59. The molecule has 2 N–H and O–H groups in total. The Morgan fingerprint density at radius 1 is 1.17 bits per heavy atom. The van der Waals surface area contributed by atoms with Gasteiger partial charge in [-0.2, -0.15) is 5.10 Å². The minimum absolute atomic E-state index is 0.0596. The summed E-state index contributed by atoms with van der Waals surface area (Å²) in [5, 5.41) is 5.48. The van der Waals surface area contributed by atoms with Crippen LogP contribution in [0.2, 0.25) is 0 Å². The highest BCUT2D eigenvalue weighted by Gasteiger charge is 2.33. The standard InChI is InChI=1S/C25H28BrN5O4/c1-25(2,3)35-24(32)30-9-8-16(14-30)31-22-19(26)13-28-23(27)21(22)20(29-31)7-6-15-10-17(33-4)12-18(11-15)34-5/h10-13,16H,8-9,14H2,1-5H3,(H2,27,28). The highest BCUT2D eigenvalue weighted by molar-refractivity contribution is 9.10. The van der Waals surface area contributed by atoms with Gasteiger partial charge in [0.25, 0.3) is 0 Å². The smallest absolute Gasteiger partial charge is 0.410 e. The van der Waals surface area contributed by atoms with Crippen molar-refractivity contribution in [2.45, 2.75) is 38.8 Å². The van der Waals surface area contributed by atoms with Gasteiger partial charge >= 0.3 is 6.09 Å². The number of methoxy groups -OCH3 is 2. The molecule has 0 bridgehead atoms. The topological polar surface area (TPSA) is 105 Å². The summed E-state index contributed by atoms with van der Waals surface area (Å²) in [5.41, 5.74) is 7.72. The molecule has 9 nitrogen and oxygen atoms in total. The number of fused-ring (bicyclic) bond motifs is 1. The van der Waals surface area contributed by atoms with Gasteiger partial charge in [0, 0.05) is 30.9 Å². The maximum atomic E-state index is 12.6. The molecule has 4 rings (SSSR count). The van der Waals surface area contributed by atoms with Crippen LogP contribution in [0.25, 0.3) is 10.9 Å². The number of aromatic nitrogens is 3. The molecular weight excluding hydrogens is 514 g/mol. The molecular formula is C25H28BrN5O4. The zero-order chi connectivity index (χ0) is 25.3. The molecule has 0 saturated carbocycles. The molecule has 1 aromatic carbocycles. The summed E-state index contributed by atoms with van der Waals surface area (Å²) in [7, 11) is 3.18. The molecule has 1 saturated heterocycles. The number of hydrogen-bond acceptors (Lipinski definition) is 7. The van der Waals surface area contributed by atoms with E-state index in [1.54, 1.807) is 31.4 Å². The van der Waals surface area contributed by atoms with Crippen LogP contribution >= 0.6 is 15.9 Å². The number of halogens is 1. The number of rotatable bonds is 3. The average molecular weight is 542 g/mol. The second-order valence-corrected chi connectivity index (χ2v) is 10.1. The van der Waals surface area contributed by atoms with Crippen LogP contribution < -0.4 is 15.2 Å². The van der Waals surface area contributed by atoms with Crippen LogP contribution in [-0.4, -0.2) is 58.7 Å². The molecule has 1 unspecified atom stereocenters. The van der Waals surface area contributed by atoms with E-state index in [1.165, 1.54) is 0 Å².